The molecule has 4 rings (SSSR count). The standard InChI is InChI=1S/C20H25N3O/c1-13-4-8-15(9-5-13)20(12-19(20,2)3)18(24)21-11-16-10-17(23-22-16)14-6-7-14/h4-5,8-10,14H,6-7,11-12H2,1-3H3,(H,21,24)(H,22,23)/t20-/m0/s1. The van der Waals surface area contributed by atoms with Crippen LogP contribution in [0.25, 0.3) is 0 Å². The number of carbonyl (C=O) groups excluding carboxylic acids is 1. The Kier molecular flexibility index (Phi) is 3.34. The summed E-state index contributed by atoms with van der Waals surface area (Å²) in [5.74, 6) is 0.755. The monoisotopic (exact) mass is 323 g/mol. The maximum atomic E-state index is 13.0. The molecule has 0 bridgehead atoms. The first-order chi connectivity index (χ1) is 11.4. The van der Waals surface area contributed by atoms with Crippen LogP contribution in [0.3, 0.4) is 0 Å². The van der Waals surface area contributed by atoms with Gasteiger partial charge < -0.3 is 5.32 Å². The number of aromatic amines is 1. The predicted octanol–water partition coefficient (Wildman–Crippen LogP) is 3.58. The second-order valence-electron chi connectivity index (χ2n) is 8.11. The highest BCUT2D eigenvalue weighted by Gasteiger charge is 2.66. The molecule has 1 aromatic heterocycles. The van der Waals surface area contributed by atoms with Crippen LogP contribution in [0.15, 0.2) is 30.3 Å². The van der Waals surface area contributed by atoms with Gasteiger partial charge in [0.1, 0.15) is 0 Å². The smallest absolute Gasteiger partial charge is 0.231 e. The quantitative estimate of drug-likeness (QED) is 0.883. The maximum absolute atomic E-state index is 13.0. The lowest BCUT2D eigenvalue weighted by atomic mass is 9.86. The van der Waals surface area contributed by atoms with Crippen molar-refractivity contribution in [1.82, 2.24) is 15.5 Å². The van der Waals surface area contributed by atoms with Crippen molar-refractivity contribution in [2.24, 2.45) is 5.41 Å². The molecule has 1 atom stereocenters. The minimum absolute atomic E-state index is 0.000496. The van der Waals surface area contributed by atoms with E-state index in [1.54, 1.807) is 0 Å². The Morgan fingerprint density at radius 2 is 1.96 bits per heavy atom. The van der Waals surface area contributed by atoms with Crippen molar-refractivity contribution in [1.29, 1.82) is 0 Å². The van der Waals surface area contributed by atoms with E-state index in [2.05, 4.69) is 66.6 Å². The number of nitrogens with zero attached hydrogens (tertiary/aromatic N) is 1. The Balaban J connectivity index is 1.49. The molecule has 4 heteroatoms. The number of aryl methyl sites for hydroxylation is 1. The Bertz CT molecular complexity index is 770. The van der Waals surface area contributed by atoms with Gasteiger partial charge in [0.05, 0.1) is 23.3 Å². The largest absolute Gasteiger partial charge is 0.350 e. The van der Waals surface area contributed by atoms with Crippen molar-refractivity contribution < 1.29 is 4.79 Å². The first kappa shape index (κ1) is 15.4. The molecule has 1 aromatic carbocycles. The topological polar surface area (TPSA) is 57.8 Å². The average Bonchev–Trinajstić information content (AvgIpc) is 3.43. The van der Waals surface area contributed by atoms with E-state index in [1.807, 2.05) is 0 Å². The van der Waals surface area contributed by atoms with Crippen LogP contribution in [-0.4, -0.2) is 16.1 Å². The molecule has 2 aliphatic rings. The Morgan fingerprint density at radius 1 is 1.29 bits per heavy atom. The molecular formula is C20H25N3O. The molecule has 24 heavy (non-hydrogen) atoms. The lowest BCUT2D eigenvalue weighted by Gasteiger charge is -2.20. The molecule has 2 saturated carbocycles. The van der Waals surface area contributed by atoms with Gasteiger partial charge in [-0.05, 0) is 43.2 Å². The van der Waals surface area contributed by atoms with Crippen molar-refractivity contribution in [2.75, 3.05) is 0 Å². The van der Waals surface area contributed by atoms with Gasteiger partial charge in [0.15, 0.2) is 0 Å². The van der Waals surface area contributed by atoms with Crippen molar-refractivity contribution in [3.63, 3.8) is 0 Å². The summed E-state index contributed by atoms with van der Waals surface area (Å²) in [6.07, 6.45) is 3.37. The molecule has 0 spiro atoms. The van der Waals surface area contributed by atoms with Crippen LogP contribution in [0.5, 0.6) is 0 Å². The minimum Gasteiger partial charge on any atom is -0.350 e. The third-order valence-electron chi connectivity index (χ3n) is 5.76. The third kappa shape index (κ3) is 2.45. The summed E-state index contributed by atoms with van der Waals surface area (Å²) in [5.41, 5.74) is 4.07. The highest BCUT2D eigenvalue weighted by atomic mass is 16.2. The number of carbonyl (C=O) groups is 1. The zero-order chi connectivity index (χ0) is 16.9. The minimum atomic E-state index is -0.403. The molecule has 2 aromatic rings. The van der Waals surface area contributed by atoms with Gasteiger partial charge in [0, 0.05) is 5.92 Å². The predicted molar refractivity (Wildman–Crippen MR) is 93.7 cm³/mol. The van der Waals surface area contributed by atoms with E-state index >= 15 is 0 Å². The van der Waals surface area contributed by atoms with Crippen molar-refractivity contribution >= 4 is 5.91 Å². The first-order valence-electron chi connectivity index (χ1n) is 8.82. The van der Waals surface area contributed by atoms with Crippen LogP contribution in [0.4, 0.5) is 0 Å². The molecule has 0 saturated heterocycles. The zero-order valence-electron chi connectivity index (χ0n) is 14.6. The molecule has 0 unspecified atom stereocenters. The maximum Gasteiger partial charge on any atom is 0.231 e. The average molecular weight is 323 g/mol. The summed E-state index contributed by atoms with van der Waals surface area (Å²) in [6, 6.07) is 10.5. The van der Waals surface area contributed by atoms with E-state index in [9.17, 15) is 4.79 Å². The van der Waals surface area contributed by atoms with Gasteiger partial charge in [0.25, 0.3) is 0 Å². The molecule has 2 N–H and O–H groups in total. The fraction of sp³-hybridized carbons (Fsp3) is 0.500. The number of amides is 1. The summed E-state index contributed by atoms with van der Waals surface area (Å²) >= 11 is 0. The number of hydrogen-bond donors (Lipinski definition) is 2. The summed E-state index contributed by atoms with van der Waals surface area (Å²) in [5, 5.41) is 10.5. The second-order valence-corrected chi connectivity index (χ2v) is 8.11. The SMILES string of the molecule is Cc1ccc([C@]2(C(=O)NCc3cc(C4CC4)n[nH]3)CC2(C)C)cc1. The van der Waals surface area contributed by atoms with E-state index < -0.39 is 5.41 Å². The molecule has 1 amide bonds. The highest BCUT2D eigenvalue weighted by molar-refractivity contribution is 5.93. The fourth-order valence-electron chi connectivity index (χ4n) is 3.85. The van der Waals surface area contributed by atoms with Crippen LogP contribution < -0.4 is 5.32 Å². The summed E-state index contributed by atoms with van der Waals surface area (Å²) in [7, 11) is 0. The Labute approximate surface area is 143 Å². The number of benzene rings is 1. The van der Waals surface area contributed by atoms with Crippen LogP contribution in [0.1, 0.15) is 61.5 Å². The van der Waals surface area contributed by atoms with Gasteiger partial charge >= 0.3 is 0 Å². The van der Waals surface area contributed by atoms with Gasteiger partial charge in [0.2, 0.25) is 5.91 Å². The van der Waals surface area contributed by atoms with E-state index in [1.165, 1.54) is 18.4 Å². The Morgan fingerprint density at radius 3 is 2.54 bits per heavy atom. The van der Waals surface area contributed by atoms with Crippen LogP contribution in [-0.2, 0) is 16.8 Å². The first-order valence-corrected chi connectivity index (χ1v) is 8.82. The molecule has 1 heterocycles. The van der Waals surface area contributed by atoms with Gasteiger partial charge in [-0.15, -0.1) is 0 Å². The molecule has 0 radical (unpaired) electrons. The fourth-order valence-corrected chi connectivity index (χ4v) is 3.85. The molecule has 2 aliphatic carbocycles. The van der Waals surface area contributed by atoms with Crippen molar-refractivity contribution in [3.8, 4) is 0 Å². The van der Waals surface area contributed by atoms with Gasteiger partial charge in [-0.1, -0.05) is 43.7 Å². The summed E-state index contributed by atoms with van der Waals surface area (Å²) in [4.78, 5) is 13.0. The second kappa shape index (κ2) is 5.20. The number of H-pyrrole nitrogens is 1. The van der Waals surface area contributed by atoms with Crippen molar-refractivity contribution in [3.05, 3.63) is 52.8 Å². The van der Waals surface area contributed by atoms with E-state index in [4.69, 9.17) is 0 Å². The third-order valence-corrected chi connectivity index (χ3v) is 5.76. The van der Waals surface area contributed by atoms with Crippen LogP contribution in [0, 0.1) is 12.3 Å². The Hall–Kier alpha value is -2.10. The van der Waals surface area contributed by atoms with Gasteiger partial charge in [-0.3, -0.25) is 9.89 Å². The lowest BCUT2D eigenvalue weighted by molar-refractivity contribution is -0.124. The highest BCUT2D eigenvalue weighted by Crippen LogP contribution is 2.64. The summed E-state index contributed by atoms with van der Waals surface area (Å²) in [6.45, 7) is 6.94. The van der Waals surface area contributed by atoms with Gasteiger partial charge in [-0.2, -0.15) is 5.10 Å². The van der Waals surface area contributed by atoms with E-state index in [0.717, 1.165) is 23.4 Å². The van der Waals surface area contributed by atoms with Crippen molar-refractivity contribution in [2.45, 2.75) is 57.9 Å². The van der Waals surface area contributed by atoms with Crippen LogP contribution in [0.2, 0.25) is 0 Å². The zero-order valence-corrected chi connectivity index (χ0v) is 14.6. The lowest BCUT2D eigenvalue weighted by Crippen LogP contribution is -2.37. The number of hydrogen-bond acceptors (Lipinski definition) is 2. The number of rotatable bonds is 5. The van der Waals surface area contributed by atoms with Gasteiger partial charge in [-0.25, -0.2) is 0 Å². The molecule has 2 fully saturated rings. The number of nitrogens with one attached hydrogen (secondary N) is 2. The molecule has 126 valence electrons. The number of aromatic nitrogens is 2. The molecule has 4 nitrogen and oxygen atoms in total. The normalized spacial score (nSPS) is 24.6. The van der Waals surface area contributed by atoms with E-state index in [0.29, 0.717) is 12.5 Å². The summed E-state index contributed by atoms with van der Waals surface area (Å²) < 4.78 is 0. The molecular weight excluding hydrogens is 298 g/mol. The van der Waals surface area contributed by atoms with E-state index in [-0.39, 0.29) is 11.3 Å². The van der Waals surface area contributed by atoms with Crippen LogP contribution >= 0.6 is 0 Å². The molecule has 0 aliphatic heterocycles.